The molecule has 1 aliphatic heterocycles. The molecule has 3 nitrogen and oxygen atoms in total. The van der Waals surface area contributed by atoms with Crippen LogP contribution in [-0.4, -0.2) is 42.4 Å². The zero-order chi connectivity index (χ0) is 16.8. The van der Waals surface area contributed by atoms with E-state index in [0.717, 1.165) is 51.3 Å². The van der Waals surface area contributed by atoms with Crippen molar-refractivity contribution in [2.75, 3.05) is 26.2 Å². The normalized spacial score (nSPS) is 16.2. The number of benzene rings is 2. The number of nitrogens with zero attached hydrogens (tertiary/aromatic N) is 1. The van der Waals surface area contributed by atoms with Crippen LogP contribution in [0.5, 0.6) is 5.75 Å². The first-order valence-electron chi connectivity index (χ1n) is 8.91. The highest BCUT2D eigenvalue weighted by Gasteiger charge is 2.16. The van der Waals surface area contributed by atoms with Crippen LogP contribution in [-0.2, 0) is 0 Å². The van der Waals surface area contributed by atoms with E-state index in [4.69, 9.17) is 4.74 Å². The second kappa shape index (κ2) is 8.32. The average molecular weight is 325 g/mol. The Hall–Kier alpha value is -1.84. The molecule has 1 heterocycles. The molecule has 1 saturated heterocycles. The molecule has 2 aromatic carbocycles. The van der Waals surface area contributed by atoms with E-state index in [1.807, 2.05) is 0 Å². The van der Waals surface area contributed by atoms with Crippen molar-refractivity contribution in [3.63, 3.8) is 0 Å². The van der Waals surface area contributed by atoms with Gasteiger partial charge in [-0.3, -0.25) is 0 Å². The monoisotopic (exact) mass is 325 g/mol. The summed E-state index contributed by atoms with van der Waals surface area (Å²) in [5.41, 5.74) is 3.74. The zero-order valence-corrected chi connectivity index (χ0v) is 14.4. The number of hydrogen-bond donors (Lipinski definition) is 1. The summed E-state index contributed by atoms with van der Waals surface area (Å²) in [6.07, 6.45) is 2.74. The third-order valence-corrected chi connectivity index (χ3v) is 4.65. The molecule has 0 aromatic heterocycles. The van der Waals surface area contributed by atoms with Crippen molar-refractivity contribution >= 4 is 0 Å². The van der Waals surface area contributed by atoms with Crippen LogP contribution in [0.15, 0.2) is 48.5 Å². The summed E-state index contributed by atoms with van der Waals surface area (Å²) in [5.74, 6) is 0.931. The van der Waals surface area contributed by atoms with Crippen molar-refractivity contribution in [2.45, 2.75) is 32.3 Å². The topological polar surface area (TPSA) is 32.7 Å². The summed E-state index contributed by atoms with van der Waals surface area (Å²) in [6.45, 7) is 5.92. The van der Waals surface area contributed by atoms with Gasteiger partial charge in [0.1, 0.15) is 5.75 Å². The van der Waals surface area contributed by atoms with Gasteiger partial charge in [-0.2, -0.15) is 0 Å². The van der Waals surface area contributed by atoms with Gasteiger partial charge in [-0.1, -0.05) is 42.0 Å². The molecule has 2 aromatic rings. The number of piperidine rings is 1. The Labute approximate surface area is 144 Å². The van der Waals surface area contributed by atoms with Gasteiger partial charge >= 0.3 is 0 Å². The van der Waals surface area contributed by atoms with Crippen molar-refractivity contribution < 1.29 is 9.84 Å². The van der Waals surface area contributed by atoms with Crippen LogP contribution in [0.2, 0.25) is 0 Å². The van der Waals surface area contributed by atoms with Crippen LogP contribution in [0.3, 0.4) is 0 Å². The molecule has 3 rings (SSSR count). The fourth-order valence-corrected chi connectivity index (χ4v) is 3.19. The second-order valence-electron chi connectivity index (χ2n) is 6.67. The highest BCUT2D eigenvalue weighted by Crippen LogP contribution is 2.23. The number of aryl methyl sites for hydroxylation is 1. The first kappa shape index (κ1) is 17.0. The Bertz CT molecular complexity index is 631. The fourth-order valence-electron chi connectivity index (χ4n) is 3.19. The van der Waals surface area contributed by atoms with Gasteiger partial charge in [-0.25, -0.2) is 0 Å². The third kappa shape index (κ3) is 4.83. The van der Waals surface area contributed by atoms with Crippen LogP contribution in [0, 0.1) is 6.92 Å². The lowest BCUT2D eigenvalue weighted by Crippen LogP contribution is -2.36. The maximum absolute atomic E-state index is 9.52. The SMILES string of the molecule is Cc1cccc(-c2ccc(OCCCN3CCC(O)CC3)cc2)c1. The number of hydrogen-bond acceptors (Lipinski definition) is 3. The van der Waals surface area contributed by atoms with Crippen LogP contribution in [0.25, 0.3) is 11.1 Å². The highest BCUT2D eigenvalue weighted by molar-refractivity contribution is 5.64. The largest absolute Gasteiger partial charge is 0.494 e. The van der Waals surface area contributed by atoms with Gasteiger partial charge in [0.15, 0.2) is 0 Å². The highest BCUT2D eigenvalue weighted by atomic mass is 16.5. The molecular weight excluding hydrogens is 298 g/mol. The number of likely N-dealkylation sites (tertiary alicyclic amines) is 1. The van der Waals surface area contributed by atoms with Crippen molar-refractivity contribution in [1.29, 1.82) is 0 Å². The molecule has 0 bridgehead atoms. The Morgan fingerprint density at radius 2 is 1.79 bits per heavy atom. The van der Waals surface area contributed by atoms with Gasteiger partial charge in [-0.05, 0) is 49.4 Å². The molecule has 0 spiro atoms. The van der Waals surface area contributed by atoms with Crippen LogP contribution in [0.1, 0.15) is 24.8 Å². The average Bonchev–Trinajstić information content (AvgIpc) is 2.61. The lowest BCUT2D eigenvalue weighted by atomic mass is 10.0. The maximum Gasteiger partial charge on any atom is 0.119 e. The predicted octanol–water partition coefficient (Wildman–Crippen LogP) is 3.89. The standard InChI is InChI=1S/C21H27NO2/c1-17-4-2-5-19(16-17)18-6-8-21(9-7-18)24-15-3-12-22-13-10-20(23)11-14-22/h2,4-9,16,20,23H,3,10-15H2,1H3. The summed E-state index contributed by atoms with van der Waals surface area (Å²) in [7, 11) is 0. The van der Waals surface area contributed by atoms with Gasteiger partial charge in [0.2, 0.25) is 0 Å². The molecule has 0 radical (unpaired) electrons. The Morgan fingerprint density at radius 3 is 2.50 bits per heavy atom. The van der Waals surface area contributed by atoms with E-state index < -0.39 is 0 Å². The van der Waals surface area contributed by atoms with Gasteiger partial charge in [-0.15, -0.1) is 0 Å². The minimum atomic E-state index is -0.0931. The molecule has 0 amide bonds. The first-order valence-corrected chi connectivity index (χ1v) is 8.91. The number of ether oxygens (including phenoxy) is 1. The lowest BCUT2D eigenvalue weighted by molar-refractivity contribution is 0.0800. The zero-order valence-electron chi connectivity index (χ0n) is 14.4. The first-order chi connectivity index (χ1) is 11.7. The summed E-state index contributed by atoms with van der Waals surface area (Å²) in [5, 5.41) is 9.52. The molecule has 128 valence electrons. The minimum Gasteiger partial charge on any atom is -0.494 e. The van der Waals surface area contributed by atoms with E-state index in [0.29, 0.717) is 0 Å². The molecule has 0 saturated carbocycles. The van der Waals surface area contributed by atoms with E-state index in [2.05, 4.69) is 60.4 Å². The van der Waals surface area contributed by atoms with Crippen LogP contribution >= 0.6 is 0 Å². The van der Waals surface area contributed by atoms with Crippen LogP contribution < -0.4 is 4.74 Å². The number of aliphatic hydroxyl groups is 1. The van der Waals surface area contributed by atoms with E-state index in [9.17, 15) is 5.11 Å². The third-order valence-electron chi connectivity index (χ3n) is 4.65. The summed E-state index contributed by atoms with van der Waals surface area (Å²) >= 11 is 0. The molecule has 0 aliphatic carbocycles. The molecule has 0 atom stereocenters. The van der Waals surface area contributed by atoms with E-state index in [-0.39, 0.29) is 6.10 Å². The number of aliphatic hydroxyl groups excluding tert-OH is 1. The molecule has 1 aliphatic rings. The van der Waals surface area contributed by atoms with Crippen molar-refractivity contribution in [1.82, 2.24) is 4.90 Å². The van der Waals surface area contributed by atoms with Crippen molar-refractivity contribution in [3.8, 4) is 16.9 Å². The quantitative estimate of drug-likeness (QED) is 0.818. The molecule has 0 unspecified atom stereocenters. The predicted molar refractivity (Wildman–Crippen MR) is 98.4 cm³/mol. The molecule has 1 N–H and O–H groups in total. The van der Waals surface area contributed by atoms with E-state index >= 15 is 0 Å². The minimum absolute atomic E-state index is 0.0931. The second-order valence-corrected chi connectivity index (χ2v) is 6.67. The Balaban J connectivity index is 1.43. The van der Waals surface area contributed by atoms with Crippen molar-refractivity contribution in [2.24, 2.45) is 0 Å². The molecule has 24 heavy (non-hydrogen) atoms. The molecule has 1 fully saturated rings. The van der Waals surface area contributed by atoms with Gasteiger partial charge in [0, 0.05) is 19.6 Å². The fraction of sp³-hybridized carbons (Fsp3) is 0.429. The van der Waals surface area contributed by atoms with Gasteiger partial charge < -0.3 is 14.7 Å². The van der Waals surface area contributed by atoms with E-state index in [1.165, 1.54) is 16.7 Å². The Morgan fingerprint density at radius 1 is 1.04 bits per heavy atom. The maximum atomic E-state index is 9.52. The lowest BCUT2D eigenvalue weighted by Gasteiger charge is -2.29. The van der Waals surface area contributed by atoms with Gasteiger partial charge in [0.05, 0.1) is 12.7 Å². The Kier molecular flexibility index (Phi) is 5.89. The molecular formula is C21H27NO2. The number of rotatable bonds is 6. The van der Waals surface area contributed by atoms with Crippen LogP contribution in [0.4, 0.5) is 0 Å². The summed E-state index contributed by atoms with van der Waals surface area (Å²) in [4.78, 5) is 2.41. The molecule has 3 heteroatoms. The van der Waals surface area contributed by atoms with E-state index in [1.54, 1.807) is 0 Å². The van der Waals surface area contributed by atoms with Gasteiger partial charge in [0.25, 0.3) is 0 Å². The smallest absolute Gasteiger partial charge is 0.119 e. The van der Waals surface area contributed by atoms with Crippen molar-refractivity contribution in [3.05, 3.63) is 54.1 Å². The summed E-state index contributed by atoms with van der Waals surface area (Å²) < 4.78 is 5.86. The summed E-state index contributed by atoms with van der Waals surface area (Å²) in [6, 6.07) is 16.9.